The minimum absolute atomic E-state index is 0.247. The average molecular weight is 228 g/mol. The second kappa shape index (κ2) is 6.00. The molecule has 0 N–H and O–H groups in total. The second-order valence-corrected chi connectivity index (χ2v) is 3.83. The molecule has 0 bridgehead atoms. The highest BCUT2D eigenvalue weighted by molar-refractivity contribution is 5.76. The van der Waals surface area contributed by atoms with Crippen LogP contribution in [0, 0.1) is 5.82 Å². The maximum Gasteiger partial charge on any atom is 0.131 e. The van der Waals surface area contributed by atoms with Crippen molar-refractivity contribution in [2.24, 2.45) is 0 Å². The lowest BCUT2D eigenvalue weighted by atomic mass is 10.0. The van der Waals surface area contributed by atoms with E-state index in [1.807, 2.05) is 31.2 Å². The van der Waals surface area contributed by atoms with Crippen LogP contribution in [0.2, 0.25) is 0 Å². The summed E-state index contributed by atoms with van der Waals surface area (Å²) >= 11 is 0. The highest BCUT2D eigenvalue weighted by Gasteiger charge is 2.05. The van der Waals surface area contributed by atoms with E-state index in [4.69, 9.17) is 0 Å². The molecular weight excluding hydrogens is 211 g/mol. The molecule has 0 amide bonds. The molecular formula is C16H17F. The quantitative estimate of drug-likeness (QED) is 0.636. The van der Waals surface area contributed by atoms with Gasteiger partial charge >= 0.3 is 0 Å². The molecule has 0 unspecified atom stereocenters. The molecule has 0 spiro atoms. The van der Waals surface area contributed by atoms with Crippen molar-refractivity contribution in [2.45, 2.75) is 13.8 Å². The maximum atomic E-state index is 13.8. The fourth-order valence-electron chi connectivity index (χ4n) is 1.52. The lowest BCUT2D eigenvalue weighted by Crippen LogP contribution is -1.89. The first-order chi connectivity index (χ1) is 8.10. The SMILES string of the molecule is C=C/C(=C\C=C/C)c1ccc(C(=C)C)c(F)c1. The maximum absolute atomic E-state index is 13.8. The van der Waals surface area contributed by atoms with Crippen molar-refractivity contribution < 1.29 is 4.39 Å². The molecule has 1 aromatic carbocycles. The predicted molar refractivity (Wildman–Crippen MR) is 74.1 cm³/mol. The Morgan fingerprint density at radius 3 is 2.53 bits per heavy atom. The van der Waals surface area contributed by atoms with Gasteiger partial charge in [0.1, 0.15) is 5.82 Å². The van der Waals surface area contributed by atoms with Gasteiger partial charge in [-0.2, -0.15) is 0 Å². The molecule has 0 aromatic heterocycles. The molecule has 0 aliphatic rings. The zero-order valence-electron chi connectivity index (χ0n) is 10.3. The Morgan fingerprint density at radius 1 is 1.35 bits per heavy atom. The van der Waals surface area contributed by atoms with Crippen LogP contribution in [0.4, 0.5) is 4.39 Å². The summed E-state index contributed by atoms with van der Waals surface area (Å²) < 4.78 is 13.8. The van der Waals surface area contributed by atoms with Crippen LogP contribution in [-0.4, -0.2) is 0 Å². The molecule has 1 rings (SSSR count). The standard InChI is InChI=1S/C16H17F/c1-5-7-8-13(6-2)14-9-10-15(12(3)4)16(17)11-14/h5-11H,2-3H2,1,4H3/b7-5-,13-8+. The van der Waals surface area contributed by atoms with E-state index in [1.54, 1.807) is 19.1 Å². The van der Waals surface area contributed by atoms with Gasteiger partial charge in [0.25, 0.3) is 0 Å². The lowest BCUT2D eigenvalue weighted by Gasteiger charge is -2.06. The van der Waals surface area contributed by atoms with Crippen LogP contribution in [0.3, 0.4) is 0 Å². The van der Waals surface area contributed by atoms with Crippen molar-refractivity contribution in [3.05, 3.63) is 72.6 Å². The van der Waals surface area contributed by atoms with Gasteiger partial charge in [-0.3, -0.25) is 0 Å². The van der Waals surface area contributed by atoms with Crippen LogP contribution in [0.25, 0.3) is 11.1 Å². The molecule has 0 aliphatic heterocycles. The fourth-order valence-corrected chi connectivity index (χ4v) is 1.52. The number of hydrogen-bond donors (Lipinski definition) is 0. The molecule has 1 aromatic rings. The summed E-state index contributed by atoms with van der Waals surface area (Å²) in [6.07, 6.45) is 7.45. The van der Waals surface area contributed by atoms with E-state index in [2.05, 4.69) is 13.2 Å². The summed E-state index contributed by atoms with van der Waals surface area (Å²) in [5.41, 5.74) is 3.01. The zero-order chi connectivity index (χ0) is 12.8. The van der Waals surface area contributed by atoms with E-state index in [0.29, 0.717) is 5.56 Å². The number of halogens is 1. The minimum Gasteiger partial charge on any atom is -0.206 e. The third kappa shape index (κ3) is 3.28. The van der Waals surface area contributed by atoms with Gasteiger partial charge in [0.2, 0.25) is 0 Å². The first-order valence-electron chi connectivity index (χ1n) is 5.51. The third-order valence-electron chi connectivity index (χ3n) is 2.45. The van der Waals surface area contributed by atoms with E-state index in [0.717, 1.165) is 16.7 Å². The van der Waals surface area contributed by atoms with E-state index in [9.17, 15) is 4.39 Å². The summed E-state index contributed by atoms with van der Waals surface area (Å²) in [6.45, 7) is 11.2. The largest absolute Gasteiger partial charge is 0.206 e. The Balaban J connectivity index is 3.20. The Kier molecular flexibility index (Phi) is 4.65. The highest BCUT2D eigenvalue weighted by Crippen LogP contribution is 2.22. The van der Waals surface area contributed by atoms with Crippen LogP contribution in [-0.2, 0) is 0 Å². The molecule has 0 saturated carbocycles. The molecule has 0 nitrogen and oxygen atoms in total. The van der Waals surface area contributed by atoms with E-state index in [-0.39, 0.29) is 5.82 Å². The van der Waals surface area contributed by atoms with Crippen molar-refractivity contribution in [2.75, 3.05) is 0 Å². The van der Waals surface area contributed by atoms with Crippen molar-refractivity contribution in [1.29, 1.82) is 0 Å². The van der Waals surface area contributed by atoms with Crippen LogP contribution in [0.1, 0.15) is 25.0 Å². The zero-order valence-corrected chi connectivity index (χ0v) is 10.3. The number of benzene rings is 1. The summed E-state index contributed by atoms with van der Waals surface area (Å²) in [5, 5.41) is 0. The van der Waals surface area contributed by atoms with Gasteiger partial charge < -0.3 is 0 Å². The molecule has 0 heterocycles. The predicted octanol–water partition coefficient (Wildman–Crippen LogP) is 5.00. The number of rotatable bonds is 4. The Bertz CT molecular complexity index is 490. The van der Waals surface area contributed by atoms with Crippen LogP contribution in [0.15, 0.2) is 55.7 Å². The highest BCUT2D eigenvalue weighted by atomic mass is 19.1. The van der Waals surface area contributed by atoms with Gasteiger partial charge in [-0.15, -0.1) is 0 Å². The summed E-state index contributed by atoms with van der Waals surface area (Å²) in [6, 6.07) is 5.14. The minimum atomic E-state index is -0.247. The molecule has 88 valence electrons. The van der Waals surface area contributed by atoms with Crippen LogP contribution in [0.5, 0.6) is 0 Å². The molecule has 0 aliphatic carbocycles. The van der Waals surface area contributed by atoms with Crippen LogP contribution < -0.4 is 0 Å². The Morgan fingerprint density at radius 2 is 2.06 bits per heavy atom. The van der Waals surface area contributed by atoms with Gasteiger partial charge in [-0.05, 0) is 36.6 Å². The van der Waals surface area contributed by atoms with Gasteiger partial charge in [0, 0.05) is 5.56 Å². The van der Waals surface area contributed by atoms with Crippen molar-refractivity contribution in [3.63, 3.8) is 0 Å². The first-order valence-corrected chi connectivity index (χ1v) is 5.51. The number of allylic oxidation sites excluding steroid dienone is 6. The average Bonchev–Trinajstić information content (AvgIpc) is 2.29. The smallest absolute Gasteiger partial charge is 0.131 e. The number of hydrogen-bond acceptors (Lipinski definition) is 0. The topological polar surface area (TPSA) is 0 Å². The Hall–Kier alpha value is -1.89. The molecule has 1 heteroatoms. The monoisotopic (exact) mass is 228 g/mol. The third-order valence-corrected chi connectivity index (χ3v) is 2.45. The second-order valence-electron chi connectivity index (χ2n) is 3.83. The normalized spacial score (nSPS) is 11.8. The van der Waals surface area contributed by atoms with Gasteiger partial charge in [-0.1, -0.05) is 49.6 Å². The van der Waals surface area contributed by atoms with Crippen LogP contribution >= 0.6 is 0 Å². The van der Waals surface area contributed by atoms with Gasteiger partial charge in [-0.25, -0.2) is 4.39 Å². The Labute approximate surface area is 102 Å². The van der Waals surface area contributed by atoms with Gasteiger partial charge in [0.05, 0.1) is 0 Å². The first kappa shape index (κ1) is 13.2. The fraction of sp³-hybridized carbons (Fsp3) is 0.125. The molecule has 0 atom stereocenters. The van der Waals surface area contributed by atoms with E-state index < -0.39 is 0 Å². The van der Waals surface area contributed by atoms with E-state index in [1.165, 1.54) is 6.07 Å². The molecule has 0 fully saturated rings. The molecule has 0 saturated heterocycles. The summed E-state index contributed by atoms with van der Waals surface area (Å²) in [7, 11) is 0. The lowest BCUT2D eigenvalue weighted by molar-refractivity contribution is 0.623. The van der Waals surface area contributed by atoms with Crippen molar-refractivity contribution in [1.82, 2.24) is 0 Å². The summed E-state index contributed by atoms with van der Waals surface area (Å²) in [5.74, 6) is -0.247. The summed E-state index contributed by atoms with van der Waals surface area (Å²) in [4.78, 5) is 0. The van der Waals surface area contributed by atoms with Crippen molar-refractivity contribution in [3.8, 4) is 0 Å². The van der Waals surface area contributed by atoms with Crippen molar-refractivity contribution >= 4 is 11.1 Å². The van der Waals surface area contributed by atoms with Gasteiger partial charge in [0.15, 0.2) is 0 Å². The molecule has 0 radical (unpaired) electrons. The van der Waals surface area contributed by atoms with E-state index >= 15 is 0 Å². The molecule has 17 heavy (non-hydrogen) atoms.